The maximum absolute atomic E-state index is 10.6. The Balaban J connectivity index is 1.60. The number of hydrogen-bond donors (Lipinski definition) is 3. The van der Waals surface area contributed by atoms with Crippen LogP contribution in [0.5, 0.6) is 5.88 Å². The van der Waals surface area contributed by atoms with Gasteiger partial charge in [0.2, 0.25) is 5.88 Å². The van der Waals surface area contributed by atoms with E-state index < -0.39 is 11.2 Å². The monoisotopic (exact) mass is 256 g/mol. The third-order valence-corrected chi connectivity index (χ3v) is 5.35. The predicted octanol–water partition coefficient (Wildman–Crippen LogP) is -0.350. The van der Waals surface area contributed by atoms with Gasteiger partial charge in [-0.25, -0.2) is 5.10 Å². The Kier molecular flexibility index (Phi) is 1.89. The number of ether oxygens (including phenoxy) is 1. The molecule has 96 valence electrons. The Morgan fingerprint density at radius 2 is 1.84 bits per heavy atom. The highest BCUT2D eigenvalue weighted by molar-refractivity contribution is 6.25. The maximum Gasteiger partial charge on any atom is 0.211 e. The summed E-state index contributed by atoms with van der Waals surface area (Å²) in [6, 6.07) is 1.50. The fraction of sp³-hybridized carbons (Fsp3) is 0.750. The molecule has 7 heteroatoms. The highest BCUT2D eigenvalue weighted by Gasteiger charge is 2.90. The molecule has 1 aromatic rings. The van der Waals surface area contributed by atoms with Crippen LogP contribution in [0.3, 0.4) is 0 Å². The highest BCUT2D eigenvalue weighted by atomic mass is 16.6. The Bertz CT molecular complexity index is 503. The second kappa shape index (κ2) is 3.04. The molecule has 4 rings (SSSR count). The fourth-order valence-electron chi connectivity index (χ4n) is 4.18. The van der Waals surface area contributed by atoms with Crippen molar-refractivity contribution < 1.29 is 14.9 Å². The summed E-state index contributed by atoms with van der Waals surface area (Å²) in [7, 11) is 11.7. The van der Waals surface area contributed by atoms with Crippen molar-refractivity contribution in [2.75, 3.05) is 0 Å². The highest BCUT2D eigenvalue weighted by Crippen LogP contribution is 2.94. The van der Waals surface area contributed by atoms with Crippen LogP contribution in [0.15, 0.2) is 12.3 Å². The number of H-pyrrole nitrogens is 1. The van der Waals surface area contributed by atoms with Crippen LogP contribution >= 0.6 is 0 Å². The first-order valence-corrected chi connectivity index (χ1v) is 6.57. The summed E-state index contributed by atoms with van der Waals surface area (Å²) < 4.78 is 5.19. The minimum absolute atomic E-state index is 0.0984. The number of aliphatic hydroxyl groups is 2. The second-order valence-corrected chi connectivity index (χ2v) is 6.29. The molecule has 0 saturated heterocycles. The summed E-state index contributed by atoms with van der Waals surface area (Å²) in [4.78, 5) is 0. The van der Waals surface area contributed by atoms with Crippen molar-refractivity contribution in [2.45, 2.75) is 36.9 Å². The van der Waals surface area contributed by atoms with Crippen molar-refractivity contribution in [3.63, 3.8) is 0 Å². The van der Waals surface area contributed by atoms with Crippen LogP contribution in [0.25, 0.3) is 0 Å². The zero-order chi connectivity index (χ0) is 13.5. The number of nitrogens with one attached hydrogen (secondary N) is 1. The van der Waals surface area contributed by atoms with Crippen molar-refractivity contribution in [3.05, 3.63) is 12.3 Å². The molecule has 3 fully saturated rings. The minimum Gasteiger partial charge on any atom is -0.454 e. The molecule has 3 saturated carbocycles. The van der Waals surface area contributed by atoms with Gasteiger partial charge in [-0.05, 0) is 42.4 Å². The first-order valence-electron chi connectivity index (χ1n) is 6.57. The fourth-order valence-corrected chi connectivity index (χ4v) is 4.18. The van der Waals surface area contributed by atoms with Crippen LogP contribution in [-0.2, 0) is 0 Å². The molecule has 0 amide bonds. The van der Waals surface area contributed by atoms with Gasteiger partial charge in [0.15, 0.2) is 13.5 Å². The van der Waals surface area contributed by atoms with Crippen LogP contribution in [0, 0.1) is 16.7 Å². The van der Waals surface area contributed by atoms with Crippen molar-refractivity contribution >= 4 is 15.7 Å². The van der Waals surface area contributed by atoms with Crippen LogP contribution < -0.4 is 4.74 Å². The molecule has 2 spiro atoms. The molecule has 5 nitrogen and oxygen atoms in total. The third-order valence-electron chi connectivity index (χ3n) is 5.35. The Hall–Kier alpha value is -0.940. The summed E-state index contributed by atoms with van der Waals surface area (Å²) in [6.07, 6.45) is 5.67. The predicted molar refractivity (Wildman–Crippen MR) is 67.4 cm³/mol. The lowest BCUT2D eigenvalue weighted by atomic mass is 9.62. The van der Waals surface area contributed by atoms with Crippen LogP contribution in [0.4, 0.5) is 0 Å². The van der Waals surface area contributed by atoms with E-state index in [1.807, 2.05) is 0 Å². The van der Waals surface area contributed by atoms with E-state index in [1.54, 1.807) is 0 Å². The molecule has 0 bridgehead atoms. The lowest BCUT2D eigenvalue weighted by Gasteiger charge is -2.40. The van der Waals surface area contributed by atoms with Crippen LogP contribution in [0.1, 0.15) is 25.7 Å². The van der Waals surface area contributed by atoms with Gasteiger partial charge >= 0.3 is 0 Å². The lowest BCUT2D eigenvalue weighted by Crippen LogP contribution is -2.61. The van der Waals surface area contributed by atoms with Gasteiger partial charge in [0.05, 0.1) is 11.7 Å². The molecule has 2 atom stereocenters. The summed E-state index contributed by atoms with van der Waals surface area (Å²) in [6.45, 7) is 0. The van der Waals surface area contributed by atoms with Crippen LogP contribution in [-0.4, -0.2) is 47.3 Å². The lowest BCUT2D eigenvalue weighted by molar-refractivity contribution is -0.177. The zero-order valence-corrected chi connectivity index (χ0v) is 10.5. The topological polar surface area (TPSA) is 78.4 Å². The van der Waals surface area contributed by atoms with E-state index in [0.29, 0.717) is 0 Å². The first kappa shape index (κ1) is 11.9. The molecule has 1 aromatic heterocycles. The number of aromatic nitrogens is 2. The number of fused-ring (bicyclic) bond motifs is 1. The Morgan fingerprint density at radius 1 is 1.26 bits per heavy atom. The zero-order valence-electron chi connectivity index (χ0n) is 10.5. The van der Waals surface area contributed by atoms with Gasteiger partial charge in [-0.3, -0.25) is 0 Å². The van der Waals surface area contributed by atoms with Gasteiger partial charge < -0.3 is 14.9 Å². The Morgan fingerprint density at radius 3 is 2.26 bits per heavy atom. The maximum atomic E-state index is 10.6. The molecule has 19 heavy (non-hydrogen) atoms. The molecule has 0 aliphatic heterocycles. The number of aromatic amines is 1. The van der Waals surface area contributed by atoms with E-state index in [2.05, 4.69) is 10.2 Å². The van der Waals surface area contributed by atoms with Crippen molar-refractivity contribution in [1.29, 1.82) is 0 Å². The minimum atomic E-state index is -2.34. The van der Waals surface area contributed by atoms with E-state index in [1.165, 1.54) is 12.3 Å². The van der Waals surface area contributed by atoms with Gasteiger partial charge in [0.25, 0.3) is 0 Å². The van der Waals surface area contributed by atoms with E-state index in [0.717, 1.165) is 25.7 Å². The summed E-state index contributed by atoms with van der Waals surface area (Å²) in [5.74, 6) is -0.0189. The standard InChI is InChI=1S/C12H14B2N2O3/c13-11(17,8-9(2-3-9)10(8)4-5-10)12(14,18)19-7-1-6-15-16-7/h1,6,8,17-18H,2-5H2,(H,15,16). The molecule has 1 heterocycles. The van der Waals surface area contributed by atoms with Gasteiger partial charge in [0.1, 0.15) is 7.85 Å². The normalized spacial score (nSPS) is 31.7. The number of rotatable bonds is 4. The quantitative estimate of drug-likeness (QED) is 0.508. The summed E-state index contributed by atoms with van der Waals surface area (Å²) >= 11 is 0. The van der Waals surface area contributed by atoms with E-state index >= 15 is 0 Å². The molecule has 3 aliphatic carbocycles. The van der Waals surface area contributed by atoms with Gasteiger partial charge in [-0.15, -0.1) is 0 Å². The molecule has 0 aromatic carbocycles. The van der Waals surface area contributed by atoms with E-state index in [4.69, 9.17) is 20.4 Å². The molecule has 3 aliphatic rings. The third kappa shape index (κ3) is 1.28. The molecule has 4 radical (unpaired) electrons. The average molecular weight is 256 g/mol. The van der Waals surface area contributed by atoms with Gasteiger partial charge in [0, 0.05) is 6.07 Å². The Labute approximate surface area is 113 Å². The number of nitrogens with zero attached hydrogens (tertiary/aromatic N) is 1. The largest absolute Gasteiger partial charge is 0.454 e. The summed E-state index contributed by atoms with van der Waals surface area (Å²) in [5.41, 5.74) is -4.11. The van der Waals surface area contributed by atoms with Crippen molar-refractivity contribution in [1.82, 2.24) is 10.2 Å². The first-order chi connectivity index (χ1) is 8.86. The molecule has 2 unspecified atom stereocenters. The van der Waals surface area contributed by atoms with E-state index in [-0.39, 0.29) is 22.6 Å². The smallest absolute Gasteiger partial charge is 0.211 e. The van der Waals surface area contributed by atoms with Crippen molar-refractivity contribution in [2.24, 2.45) is 16.7 Å². The van der Waals surface area contributed by atoms with Gasteiger partial charge in [-0.1, -0.05) is 0 Å². The van der Waals surface area contributed by atoms with Crippen LogP contribution in [0.2, 0.25) is 0 Å². The number of hydrogen-bond acceptors (Lipinski definition) is 4. The second-order valence-electron chi connectivity index (χ2n) is 6.29. The molecule has 3 N–H and O–H groups in total. The van der Waals surface area contributed by atoms with Crippen molar-refractivity contribution in [3.8, 4) is 5.88 Å². The summed E-state index contributed by atoms with van der Waals surface area (Å²) in [5, 5.41) is 27.1. The van der Waals surface area contributed by atoms with Gasteiger partial charge in [-0.2, -0.15) is 5.10 Å². The SMILES string of the molecule is [B]C(O)(Oc1ccn[nH]1)C([B])(O)C1C2(CC2)C12CC2. The molecular formula is C12H14B2N2O3. The molecular weight excluding hydrogens is 242 g/mol. The van der Waals surface area contributed by atoms with E-state index in [9.17, 15) is 10.2 Å². The average Bonchev–Trinajstić information content (AvgIpc) is 3.26.